The molecule has 128 valence electrons. The molecule has 4 rings (SSSR count). The predicted molar refractivity (Wildman–Crippen MR) is 92.1 cm³/mol. The highest BCUT2D eigenvalue weighted by Crippen LogP contribution is 2.29. The number of hydrogen-bond acceptors (Lipinski definition) is 5. The van der Waals surface area contributed by atoms with Gasteiger partial charge in [0.25, 0.3) is 0 Å². The molecule has 0 radical (unpaired) electrons. The number of fused-ring (bicyclic) bond motifs is 1. The maximum Gasteiger partial charge on any atom is 0.153 e. The summed E-state index contributed by atoms with van der Waals surface area (Å²) in [6.07, 6.45) is 3.48. The van der Waals surface area contributed by atoms with Crippen molar-refractivity contribution in [2.24, 2.45) is 0 Å². The number of nitrogens with zero attached hydrogens (tertiary/aromatic N) is 3. The Hall–Kier alpha value is -1.70. The van der Waals surface area contributed by atoms with Crippen LogP contribution >= 0.6 is 0 Å². The van der Waals surface area contributed by atoms with E-state index in [4.69, 9.17) is 0 Å². The number of nitrogens with one attached hydrogen (secondary N) is 1. The monoisotopic (exact) mass is 346 g/mol. The zero-order valence-corrected chi connectivity index (χ0v) is 14.3. The van der Waals surface area contributed by atoms with Crippen LogP contribution in [0.3, 0.4) is 0 Å². The summed E-state index contributed by atoms with van der Waals surface area (Å²) in [6.45, 7) is 3.31. The molecule has 0 aliphatic carbocycles. The molecule has 2 saturated heterocycles. The maximum absolute atomic E-state index is 12.3. The van der Waals surface area contributed by atoms with Gasteiger partial charge in [-0.3, -0.25) is 9.80 Å². The predicted octanol–water partition coefficient (Wildman–Crippen LogP) is 0.893. The van der Waals surface area contributed by atoms with Crippen LogP contribution in [0.5, 0.6) is 0 Å². The van der Waals surface area contributed by atoms with Crippen LogP contribution in [-0.4, -0.2) is 64.9 Å². The zero-order valence-electron chi connectivity index (χ0n) is 13.5. The fraction of sp³-hybridized carbons (Fsp3) is 0.471. The Balaban J connectivity index is 1.53. The molecule has 0 unspecified atom stereocenters. The van der Waals surface area contributed by atoms with Crippen LogP contribution in [0.25, 0.3) is 0 Å². The minimum absolute atomic E-state index is 0.0655. The van der Waals surface area contributed by atoms with Crippen molar-refractivity contribution >= 4 is 9.84 Å². The molecule has 0 spiro atoms. The van der Waals surface area contributed by atoms with Crippen molar-refractivity contribution in [2.75, 3.05) is 24.6 Å². The lowest BCUT2D eigenvalue weighted by Crippen LogP contribution is -2.58. The number of rotatable bonds is 4. The maximum atomic E-state index is 12.3. The first-order valence-electron chi connectivity index (χ1n) is 8.30. The number of aromatic amines is 1. The molecule has 2 atom stereocenters. The minimum Gasteiger partial charge on any atom is -0.347 e. The lowest BCUT2D eigenvalue weighted by Gasteiger charge is -2.43. The normalized spacial score (nSPS) is 27.2. The second kappa shape index (κ2) is 6.31. The number of H-pyrrole nitrogens is 1. The summed E-state index contributed by atoms with van der Waals surface area (Å²) in [7, 11) is -2.98. The lowest BCUT2D eigenvalue weighted by molar-refractivity contribution is 0.0348. The third-order valence-electron chi connectivity index (χ3n) is 5.06. The first-order valence-corrected chi connectivity index (χ1v) is 10.1. The van der Waals surface area contributed by atoms with E-state index in [2.05, 4.69) is 31.9 Å². The average molecular weight is 346 g/mol. The highest BCUT2D eigenvalue weighted by molar-refractivity contribution is 7.91. The molecule has 24 heavy (non-hydrogen) atoms. The van der Waals surface area contributed by atoms with Crippen LogP contribution in [0, 0.1) is 0 Å². The molecule has 0 saturated carbocycles. The molecule has 7 heteroatoms. The van der Waals surface area contributed by atoms with Gasteiger partial charge in [-0.2, -0.15) is 0 Å². The van der Waals surface area contributed by atoms with Gasteiger partial charge in [-0.05, 0) is 5.56 Å². The van der Waals surface area contributed by atoms with Crippen molar-refractivity contribution < 1.29 is 8.42 Å². The van der Waals surface area contributed by atoms with E-state index in [0.29, 0.717) is 0 Å². The van der Waals surface area contributed by atoms with E-state index in [1.807, 2.05) is 24.4 Å². The largest absolute Gasteiger partial charge is 0.347 e. The van der Waals surface area contributed by atoms with Crippen LogP contribution in [0.1, 0.15) is 11.3 Å². The van der Waals surface area contributed by atoms with E-state index in [-0.39, 0.29) is 23.6 Å². The second-order valence-corrected chi connectivity index (χ2v) is 8.87. The Morgan fingerprint density at radius 2 is 1.71 bits per heavy atom. The van der Waals surface area contributed by atoms with Crippen molar-refractivity contribution in [2.45, 2.75) is 25.2 Å². The van der Waals surface area contributed by atoms with Gasteiger partial charge in [0.05, 0.1) is 17.8 Å². The molecule has 1 N–H and O–H groups in total. The summed E-state index contributed by atoms with van der Waals surface area (Å²) in [5.41, 5.74) is 2.28. The van der Waals surface area contributed by atoms with Crippen LogP contribution in [0.4, 0.5) is 0 Å². The number of piperazine rings is 1. The van der Waals surface area contributed by atoms with E-state index in [1.54, 1.807) is 6.33 Å². The zero-order chi connectivity index (χ0) is 16.6. The van der Waals surface area contributed by atoms with Crippen molar-refractivity contribution in [3.05, 3.63) is 54.1 Å². The molecule has 0 amide bonds. The topological polar surface area (TPSA) is 69.3 Å². The van der Waals surface area contributed by atoms with Crippen LogP contribution in [-0.2, 0) is 22.9 Å². The molecule has 2 aromatic rings. The Morgan fingerprint density at radius 3 is 2.33 bits per heavy atom. The van der Waals surface area contributed by atoms with Gasteiger partial charge in [-0.25, -0.2) is 13.4 Å². The van der Waals surface area contributed by atoms with Gasteiger partial charge in [-0.1, -0.05) is 30.3 Å². The van der Waals surface area contributed by atoms with Gasteiger partial charge in [0.1, 0.15) is 0 Å². The fourth-order valence-corrected chi connectivity index (χ4v) is 5.94. The van der Waals surface area contributed by atoms with Crippen LogP contribution < -0.4 is 0 Å². The molecule has 6 nitrogen and oxygen atoms in total. The Morgan fingerprint density at radius 1 is 1.04 bits per heavy atom. The molecule has 2 fully saturated rings. The standard InChI is InChI=1S/C17H22N4O2S/c22-24(23)11-16-17(12-24)21(10-15-8-18-13-19-15)7-6-20(16)9-14-4-2-1-3-5-14/h1-5,8,13,16-17H,6-7,9-12H2,(H,18,19)/t16-,17+/m1/s1. The highest BCUT2D eigenvalue weighted by atomic mass is 32.2. The summed E-state index contributed by atoms with van der Waals surface area (Å²) >= 11 is 0. The Labute approximate surface area is 142 Å². The summed E-state index contributed by atoms with van der Waals surface area (Å²) in [4.78, 5) is 11.8. The van der Waals surface area contributed by atoms with Gasteiger partial charge >= 0.3 is 0 Å². The third kappa shape index (κ3) is 3.24. The number of aromatic nitrogens is 2. The number of hydrogen-bond donors (Lipinski definition) is 1. The van der Waals surface area contributed by atoms with E-state index in [9.17, 15) is 8.42 Å². The summed E-state index contributed by atoms with van der Waals surface area (Å²) in [5, 5.41) is 0. The molecular weight excluding hydrogens is 324 g/mol. The van der Waals surface area contributed by atoms with Gasteiger partial charge in [0.15, 0.2) is 9.84 Å². The number of benzene rings is 1. The molecule has 1 aromatic heterocycles. The van der Waals surface area contributed by atoms with Crippen molar-refractivity contribution in [3.8, 4) is 0 Å². The van der Waals surface area contributed by atoms with Crippen LogP contribution in [0.15, 0.2) is 42.9 Å². The number of sulfone groups is 1. The van der Waals surface area contributed by atoms with E-state index < -0.39 is 9.84 Å². The van der Waals surface area contributed by atoms with Gasteiger partial charge in [-0.15, -0.1) is 0 Å². The molecule has 0 bridgehead atoms. The molecule has 2 aliphatic heterocycles. The second-order valence-electron chi connectivity index (χ2n) is 6.71. The van der Waals surface area contributed by atoms with Gasteiger partial charge in [0, 0.05) is 50.2 Å². The van der Waals surface area contributed by atoms with Gasteiger partial charge < -0.3 is 4.98 Å². The van der Waals surface area contributed by atoms with Crippen LogP contribution in [0.2, 0.25) is 0 Å². The van der Waals surface area contributed by atoms with E-state index in [1.165, 1.54) is 5.56 Å². The average Bonchev–Trinajstić information content (AvgIpc) is 3.17. The molecule has 3 heterocycles. The third-order valence-corrected chi connectivity index (χ3v) is 6.76. The first kappa shape index (κ1) is 15.8. The van der Waals surface area contributed by atoms with Crippen molar-refractivity contribution in [1.29, 1.82) is 0 Å². The van der Waals surface area contributed by atoms with E-state index in [0.717, 1.165) is 31.9 Å². The summed E-state index contributed by atoms with van der Waals surface area (Å²) in [6, 6.07) is 10.4. The van der Waals surface area contributed by atoms with Crippen molar-refractivity contribution in [1.82, 2.24) is 19.8 Å². The SMILES string of the molecule is O=S1(=O)C[C@@H]2[C@H](C1)N(Cc1cnc[nH]1)CCN2Cc1ccccc1. The first-order chi connectivity index (χ1) is 11.6. The highest BCUT2D eigenvalue weighted by Gasteiger charge is 2.46. The lowest BCUT2D eigenvalue weighted by atomic mass is 10.0. The van der Waals surface area contributed by atoms with Crippen molar-refractivity contribution in [3.63, 3.8) is 0 Å². The summed E-state index contributed by atoms with van der Waals surface area (Å²) in [5.74, 6) is 0.529. The molecule has 2 aliphatic rings. The van der Waals surface area contributed by atoms with E-state index >= 15 is 0 Å². The minimum atomic E-state index is -2.98. The molecular formula is C17H22N4O2S. The number of imidazole rings is 1. The Kier molecular flexibility index (Phi) is 4.15. The quantitative estimate of drug-likeness (QED) is 0.891. The fourth-order valence-electron chi connectivity index (χ4n) is 3.90. The van der Waals surface area contributed by atoms with Gasteiger partial charge in [0.2, 0.25) is 0 Å². The smallest absolute Gasteiger partial charge is 0.153 e. The molecule has 1 aromatic carbocycles. The Bertz CT molecular complexity index is 776. The summed E-state index contributed by atoms with van der Waals surface area (Å²) < 4.78 is 24.5.